The fourth-order valence-electron chi connectivity index (χ4n) is 0.551. The molecule has 0 aromatic heterocycles. The van der Waals surface area contributed by atoms with Crippen molar-refractivity contribution < 1.29 is 4.74 Å². The third-order valence-electron chi connectivity index (χ3n) is 1.07. The molecule has 1 heterocycles. The molecule has 41 valence electrons. The van der Waals surface area contributed by atoms with E-state index in [9.17, 15) is 0 Å². The van der Waals surface area contributed by atoms with E-state index < -0.39 is 0 Å². The molecule has 0 atom stereocenters. The van der Waals surface area contributed by atoms with Crippen LogP contribution in [-0.2, 0) is 4.74 Å². The Morgan fingerprint density at radius 1 is 1.71 bits per heavy atom. The predicted octanol–water partition coefficient (Wildman–Crippen LogP) is 0.156. The molecule has 1 aliphatic heterocycles. The minimum absolute atomic E-state index is 0.463. The van der Waals surface area contributed by atoms with E-state index in [1.54, 1.807) is 6.61 Å². The summed E-state index contributed by atoms with van der Waals surface area (Å²) in [4.78, 5) is 0. The van der Waals surface area contributed by atoms with Crippen LogP contribution in [0.2, 0.25) is 0 Å². The summed E-state index contributed by atoms with van der Waals surface area (Å²) < 4.78 is 5.09. The Kier molecular flexibility index (Phi) is 1.65. The van der Waals surface area contributed by atoms with Crippen LogP contribution in [0.5, 0.6) is 0 Å². The maximum atomic E-state index is 5.09. The van der Waals surface area contributed by atoms with Crippen molar-refractivity contribution in [2.24, 2.45) is 0 Å². The highest BCUT2D eigenvalue weighted by molar-refractivity contribution is 4.75. The van der Waals surface area contributed by atoms with E-state index in [-0.39, 0.29) is 0 Å². The van der Waals surface area contributed by atoms with Crippen LogP contribution in [0.15, 0.2) is 0 Å². The Morgan fingerprint density at radius 2 is 2.43 bits per heavy atom. The minimum Gasteiger partial charge on any atom is -0.370 e. The van der Waals surface area contributed by atoms with Crippen molar-refractivity contribution in [3.05, 3.63) is 6.61 Å². The molecule has 1 fully saturated rings. The Labute approximate surface area is 43.9 Å². The van der Waals surface area contributed by atoms with Crippen molar-refractivity contribution >= 4 is 0 Å². The van der Waals surface area contributed by atoms with Crippen LogP contribution in [-0.4, -0.2) is 19.2 Å². The summed E-state index contributed by atoms with van der Waals surface area (Å²) >= 11 is 0. The second kappa shape index (κ2) is 2.28. The molecule has 1 N–H and O–H groups in total. The average Bonchev–Trinajstić information content (AvgIpc) is 1.55. The van der Waals surface area contributed by atoms with Crippen molar-refractivity contribution in [1.82, 2.24) is 5.32 Å². The van der Waals surface area contributed by atoms with Crippen LogP contribution < -0.4 is 5.32 Å². The first kappa shape index (κ1) is 5.06. The number of nitrogens with one attached hydrogen (secondary N) is 1. The van der Waals surface area contributed by atoms with Crippen LogP contribution >= 0.6 is 0 Å². The van der Waals surface area contributed by atoms with Gasteiger partial charge in [0.1, 0.15) is 0 Å². The van der Waals surface area contributed by atoms with Gasteiger partial charge in [0.2, 0.25) is 0 Å². The summed E-state index contributed by atoms with van der Waals surface area (Å²) in [5, 5.41) is 3.10. The second-order valence-electron chi connectivity index (χ2n) is 1.65. The third-order valence-corrected chi connectivity index (χ3v) is 1.07. The van der Waals surface area contributed by atoms with Gasteiger partial charge < -0.3 is 10.1 Å². The summed E-state index contributed by atoms with van der Waals surface area (Å²) in [6, 6.07) is 0. The molecule has 2 heteroatoms. The van der Waals surface area contributed by atoms with E-state index >= 15 is 0 Å². The van der Waals surface area contributed by atoms with Gasteiger partial charge >= 0.3 is 0 Å². The van der Waals surface area contributed by atoms with E-state index in [1.165, 1.54) is 0 Å². The summed E-state index contributed by atoms with van der Waals surface area (Å²) in [6.45, 7) is 5.68. The van der Waals surface area contributed by atoms with Crippen LogP contribution in [0.25, 0.3) is 0 Å². The molecule has 1 radical (unpaired) electrons. The highest BCUT2D eigenvalue weighted by Gasteiger charge is 2.15. The molecular formula is C5H10NO. The fraction of sp³-hybridized carbons (Fsp3) is 0.800. The zero-order valence-electron chi connectivity index (χ0n) is 4.48. The van der Waals surface area contributed by atoms with Crippen LogP contribution in [0.1, 0.15) is 6.92 Å². The predicted molar refractivity (Wildman–Crippen MR) is 27.7 cm³/mol. The Balaban J connectivity index is 1.93. The average molecular weight is 100 g/mol. The number of ether oxygens (including phenoxy) is 1. The molecule has 1 saturated heterocycles. The zero-order chi connectivity index (χ0) is 5.11. The van der Waals surface area contributed by atoms with E-state index in [2.05, 4.69) is 5.32 Å². The summed E-state index contributed by atoms with van der Waals surface area (Å²) in [6.07, 6.45) is 0.463. The smallest absolute Gasteiger partial charge is 0.0828 e. The number of hydrogen-bond donors (Lipinski definition) is 1. The van der Waals surface area contributed by atoms with Gasteiger partial charge in [0.25, 0.3) is 0 Å². The monoisotopic (exact) mass is 100 g/mol. The van der Waals surface area contributed by atoms with Gasteiger partial charge in [-0.25, -0.2) is 0 Å². The normalized spacial score (nSPS) is 21.9. The molecule has 0 aromatic rings. The van der Waals surface area contributed by atoms with Crippen LogP contribution in [0, 0.1) is 6.61 Å². The quantitative estimate of drug-likeness (QED) is 0.533. The van der Waals surface area contributed by atoms with Crippen molar-refractivity contribution in [2.75, 3.05) is 13.1 Å². The molecular weight excluding hydrogens is 90.1 g/mol. The Hall–Kier alpha value is -0.0800. The molecule has 7 heavy (non-hydrogen) atoms. The van der Waals surface area contributed by atoms with Gasteiger partial charge in [0.15, 0.2) is 0 Å². The first-order valence-electron chi connectivity index (χ1n) is 2.57. The van der Waals surface area contributed by atoms with Crippen molar-refractivity contribution in [1.29, 1.82) is 0 Å². The fourth-order valence-corrected chi connectivity index (χ4v) is 0.551. The molecule has 0 amide bonds. The third kappa shape index (κ3) is 1.14. The Morgan fingerprint density at radius 3 is 2.57 bits per heavy atom. The molecule has 0 bridgehead atoms. The van der Waals surface area contributed by atoms with E-state index in [0.717, 1.165) is 13.1 Å². The maximum absolute atomic E-state index is 5.09. The maximum Gasteiger partial charge on any atom is 0.0828 e. The van der Waals surface area contributed by atoms with E-state index in [0.29, 0.717) is 6.10 Å². The lowest BCUT2D eigenvalue weighted by atomic mass is 10.2. The summed E-state index contributed by atoms with van der Waals surface area (Å²) in [5.74, 6) is 0. The van der Waals surface area contributed by atoms with Crippen LogP contribution in [0.4, 0.5) is 0 Å². The minimum atomic E-state index is 0.463. The van der Waals surface area contributed by atoms with Gasteiger partial charge in [-0.3, -0.25) is 0 Å². The topological polar surface area (TPSA) is 21.3 Å². The molecule has 1 rings (SSSR count). The SMILES string of the molecule is C[CH]OC1CNC1. The Bertz CT molecular complexity index is 52.0. The highest BCUT2D eigenvalue weighted by atomic mass is 16.5. The van der Waals surface area contributed by atoms with Gasteiger partial charge in [-0.15, -0.1) is 0 Å². The van der Waals surface area contributed by atoms with E-state index in [1.807, 2.05) is 6.92 Å². The number of hydrogen-bond acceptors (Lipinski definition) is 2. The molecule has 0 aromatic carbocycles. The van der Waals surface area contributed by atoms with Crippen molar-refractivity contribution in [3.63, 3.8) is 0 Å². The first-order chi connectivity index (χ1) is 3.43. The summed E-state index contributed by atoms with van der Waals surface area (Å²) in [5.41, 5.74) is 0. The number of rotatable bonds is 2. The lowest BCUT2D eigenvalue weighted by Crippen LogP contribution is -2.47. The zero-order valence-corrected chi connectivity index (χ0v) is 4.48. The van der Waals surface area contributed by atoms with Gasteiger partial charge in [-0.1, -0.05) is 0 Å². The molecule has 0 saturated carbocycles. The molecule has 1 aliphatic rings. The largest absolute Gasteiger partial charge is 0.370 e. The first-order valence-corrected chi connectivity index (χ1v) is 2.57. The molecule has 0 unspecified atom stereocenters. The standard InChI is InChI=1S/C5H10NO/c1-2-7-5-3-6-4-5/h2,5-6H,3-4H2,1H3. The molecule has 0 spiro atoms. The van der Waals surface area contributed by atoms with Crippen LogP contribution in [0.3, 0.4) is 0 Å². The molecule has 2 nitrogen and oxygen atoms in total. The second-order valence-corrected chi connectivity index (χ2v) is 1.65. The van der Waals surface area contributed by atoms with Gasteiger partial charge in [0.05, 0.1) is 12.7 Å². The van der Waals surface area contributed by atoms with Gasteiger partial charge in [0, 0.05) is 13.1 Å². The van der Waals surface area contributed by atoms with Gasteiger partial charge in [-0.2, -0.15) is 0 Å². The van der Waals surface area contributed by atoms with Gasteiger partial charge in [-0.05, 0) is 6.92 Å². The molecule has 0 aliphatic carbocycles. The van der Waals surface area contributed by atoms with Crippen molar-refractivity contribution in [2.45, 2.75) is 13.0 Å². The van der Waals surface area contributed by atoms with E-state index in [4.69, 9.17) is 4.74 Å². The van der Waals surface area contributed by atoms with Crippen molar-refractivity contribution in [3.8, 4) is 0 Å². The lowest BCUT2D eigenvalue weighted by molar-refractivity contribution is 0.0655. The highest BCUT2D eigenvalue weighted by Crippen LogP contribution is 1.97. The summed E-state index contributed by atoms with van der Waals surface area (Å²) in [7, 11) is 0. The lowest BCUT2D eigenvalue weighted by Gasteiger charge is -2.25.